The lowest BCUT2D eigenvalue weighted by Gasteiger charge is -2.09. The summed E-state index contributed by atoms with van der Waals surface area (Å²) >= 11 is 1.53. The van der Waals surface area contributed by atoms with E-state index in [2.05, 4.69) is 26.1 Å². The zero-order valence-electron chi connectivity index (χ0n) is 19.4. The standard InChI is InChI=1S/C24H26N6O4S/c1-16-14-17(2)27-24(26-16)35-15-18-5-7-19(8-6-18)23(32)29-28-22(31)4-3-13-25-20-9-11-21(12-10-20)30(33)34/h5-12,14,25H,3-4,13,15H2,1-2H3,(H,28,31)(H,29,32). The fraction of sp³-hybridized carbons (Fsp3) is 0.250. The molecule has 0 atom stereocenters. The summed E-state index contributed by atoms with van der Waals surface area (Å²) < 4.78 is 0. The number of hydrogen-bond acceptors (Lipinski definition) is 8. The van der Waals surface area contributed by atoms with E-state index in [9.17, 15) is 19.7 Å². The van der Waals surface area contributed by atoms with Crippen LogP contribution in [0.2, 0.25) is 0 Å². The van der Waals surface area contributed by atoms with E-state index >= 15 is 0 Å². The number of aryl methyl sites for hydroxylation is 2. The smallest absolute Gasteiger partial charge is 0.269 e. The number of nitro groups is 1. The average Bonchev–Trinajstić information content (AvgIpc) is 2.84. The Bertz CT molecular complexity index is 1170. The summed E-state index contributed by atoms with van der Waals surface area (Å²) in [5.41, 5.74) is 8.88. The molecule has 35 heavy (non-hydrogen) atoms. The molecule has 0 aliphatic heterocycles. The first kappa shape index (κ1) is 25.6. The number of hydrogen-bond donors (Lipinski definition) is 3. The summed E-state index contributed by atoms with van der Waals surface area (Å²) in [7, 11) is 0. The Labute approximate surface area is 207 Å². The third-order valence-corrected chi connectivity index (χ3v) is 5.77. The Hall–Kier alpha value is -3.99. The first-order valence-corrected chi connectivity index (χ1v) is 11.9. The van der Waals surface area contributed by atoms with Gasteiger partial charge in [0, 0.05) is 53.5 Å². The lowest BCUT2D eigenvalue weighted by atomic mass is 10.1. The van der Waals surface area contributed by atoms with Gasteiger partial charge in [0.15, 0.2) is 5.16 Å². The maximum absolute atomic E-state index is 12.3. The Balaban J connectivity index is 1.35. The molecule has 0 spiro atoms. The first-order valence-electron chi connectivity index (χ1n) is 10.9. The number of nitrogens with one attached hydrogen (secondary N) is 3. The second-order valence-corrected chi connectivity index (χ2v) is 8.70. The molecule has 0 aliphatic carbocycles. The number of nitro benzene ring substituents is 1. The van der Waals surface area contributed by atoms with Gasteiger partial charge >= 0.3 is 0 Å². The molecule has 0 unspecified atom stereocenters. The molecule has 1 aromatic heterocycles. The van der Waals surface area contributed by atoms with Gasteiger partial charge in [-0.15, -0.1) is 0 Å². The van der Waals surface area contributed by atoms with E-state index < -0.39 is 10.8 Å². The maximum Gasteiger partial charge on any atom is 0.269 e. The fourth-order valence-corrected chi connectivity index (χ4v) is 4.01. The SMILES string of the molecule is Cc1cc(C)nc(SCc2ccc(C(=O)NNC(=O)CCCNc3ccc([N+](=O)[O-])cc3)cc2)n1. The van der Waals surface area contributed by atoms with Crippen LogP contribution in [0.5, 0.6) is 0 Å². The molecule has 1 heterocycles. The number of aromatic nitrogens is 2. The fourth-order valence-electron chi connectivity index (χ4n) is 3.10. The number of rotatable bonds is 10. The number of benzene rings is 2. The number of hydrazine groups is 1. The Kier molecular flexibility index (Phi) is 9.13. The minimum Gasteiger partial charge on any atom is -0.385 e. The molecule has 0 bridgehead atoms. The summed E-state index contributed by atoms with van der Waals surface area (Å²) in [4.78, 5) is 43.3. The van der Waals surface area contributed by atoms with E-state index in [1.54, 1.807) is 24.3 Å². The molecular formula is C24H26N6O4S. The lowest BCUT2D eigenvalue weighted by Crippen LogP contribution is -2.41. The van der Waals surface area contributed by atoms with Crippen molar-refractivity contribution in [1.29, 1.82) is 0 Å². The first-order chi connectivity index (χ1) is 16.8. The van der Waals surface area contributed by atoms with Crippen molar-refractivity contribution in [2.24, 2.45) is 0 Å². The summed E-state index contributed by atoms with van der Waals surface area (Å²) in [6.07, 6.45) is 0.728. The molecule has 2 amide bonds. The van der Waals surface area contributed by atoms with Gasteiger partial charge in [-0.25, -0.2) is 9.97 Å². The molecule has 3 rings (SSSR count). The van der Waals surface area contributed by atoms with Gasteiger partial charge in [0.2, 0.25) is 5.91 Å². The molecule has 3 aromatic rings. The number of carbonyl (C=O) groups excluding carboxylic acids is 2. The predicted molar refractivity (Wildman–Crippen MR) is 134 cm³/mol. The summed E-state index contributed by atoms with van der Waals surface area (Å²) in [5.74, 6) is -0.0420. The van der Waals surface area contributed by atoms with Crippen LogP contribution in [0.25, 0.3) is 0 Å². The Morgan fingerprint density at radius 3 is 2.26 bits per heavy atom. The van der Waals surface area contributed by atoms with E-state index in [0.717, 1.165) is 27.8 Å². The van der Waals surface area contributed by atoms with Crippen molar-refractivity contribution >= 4 is 35.0 Å². The Morgan fingerprint density at radius 2 is 1.63 bits per heavy atom. The Morgan fingerprint density at radius 1 is 0.971 bits per heavy atom. The van der Waals surface area contributed by atoms with Crippen LogP contribution in [-0.4, -0.2) is 33.3 Å². The van der Waals surface area contributed by atoms with Crippen LogP contribution in [0.1, 0.15) is 40.2 Å². The van der Waals surface area contributed by atoms with Crippen molar-refractivity contribution in [3.63, 3.8) is 0 Å². The number of nitrogens with zero attached hydrogens (tertiary/aromatic N) is 3. The molecule has 0 saturated carbocycles. The molecule has 10 nitrogen and oxygen atoms in total. The second-order valence-electron chi connectivity index (χ2n) is 7.76. The van der Waals surface area contributed by atoms with Gasteiger partial charge in [0.1, 0.15) is 0 Å². The highest BCUT2D eigenvalue weighted by Crippen LogP contribution is 2.20. The number of amides is 2. The number of anilines is 1. The normalized spacial score (nSPS) is 10.5. The third kappa shape index (κ3) is 8.38. The number of thioether (sulfide) groups is 1. The highest BCUT2D eigenvalue weighted by atomic mass is 32.2. The van der Waals surface area contributed by atoms with Gasteiger partial charge in [-0.2, -0.15) is 0 Å². The van der Waals surface area contributed by atoms with E-state index in [4.69, 9.17) is 0 Å². The van der Waals surface area contributed by atoms with Crippen LogP contribution >= 0.6 is 11.8 Å². The van der Waals surface area contributed by atoms with Crippen LogP contribution < -0.4 is 16.2 Å². The van der Waals surface area contributed by atoms with E-state index in [1.807, 2.05) is 32.0 Å². The monoisotopic (exact) mass is 494 g/mol. The van der Waals surface area contributed by atoms with Crippen molar-refractivity contribution in [3.05, 3.63) is 87.2 Å². The summed E-state index contributed by atoms with van der Waals surface area (Å²) in [6, 6.07) is 15.1. The minimum atomic E-state index is -0.460. The van der Waals surface area contributed by atoms with Crippen molar-refractivity contribution in [2.45, 2.75) is 37.6 Å². The zero-order chi connectivity index (χ0) is 25.2. The molecule has 0 radical (unpaired) electrons. The second kappa shape index (κ2) is 12.5. The molecule has 11 heteroatoms. The number of non-ortho nitro benzene ring substituents is 1. The van der Waals surface area contributed by atoms with Crippen molar-refractivity contribution in [1.82, 2.24) is 20.8 Å². The van der Waals surface area contributed by atoms with Gasteiger partial charge in [0.05, 0.1) is 4.92 Å². The molecule has 3 N–H and O–H groups in total. The van der Waals surface area contributed by atoms with Crippen LogP contribution in [0.3, 0.4) is 0 Å². The van der Waals surface area contributed by atoms with Gasteiger partial charge in [-0.05, 0) is 56.2 Å². The lowest BCUT2D eigenvalue weighted by molar-refractivity contribution is -0.384. The third-order valence-electron chi connectivity index (χ3n) is 4.85. The summed E-state index contributed by atoms with van der Waals surface area (Å²) in [5, 5.41) is 14.5. The van der Waals surface area contributed by atoms with Crippen molar-refractivity contribution in [2.75, 3.05) is 11.9 Å². The number of carbonyl (C=O) groups is 2. The molecule has 0 fully saturated rings. The van der Waals surface area contributed by atoms with Gasteiger partial charge in [0.25, 0.3) is 11.6 Å². The topological polar surface area (TPSA) is 139 Å². The van der Waals surface area contributed by atoms with Crippen LogP contribution in [0.15, 0.2) is 59.8 Å². The predicted octanol–water partition coefficient (Wildman–Crippen LogP) is 3.95. The van der Waals surface area contributed by atoms with E-state index in [-0.39, 0.29) is 18.0 Å². The molecule has 0 aliphatic rings. The minimum absolute atomic E-state index is 0.0196. The van der Waals surface area contributed by atoms with Gasteiger partial charge < -0.3 is 5.32 Å². The average molecular weight is 495 g/mol. The highest BCUT2D eigenvalue weighted by Gasteiger charge is 2.09. The largest absolute Gasteiger partial charge is 0.385 e. The van der Waals surface area contributed by atoms with Crippen LogP contribution in [-0.2, 0) is 10.5 Å². The maximum atomic E-state index is 12.3. The molecule has 0 saturated heterocycles. The quantitative estimate of drug-likeness (QED) is 0.127. The van der Waals surface area contributed by atoms with Crippen LogP contribution in [0, 0.1) is 24.0 Å². The molecular weight excluding hydrogens is 468 g/mol. The van der Waals surface area contributed by atoms with Gasteiger partial charge in [-0.3, -0.25) is 30.6 Å². The highest BCUT2D eigenvalue weighted by molar-refractivity contribution is 7.98. The van der Waals surface area contributed by atoms with E-state index in [1.165, 1.54) is 23.9 Å². The van der Waals surface area contributed by atoms with E-state index in [0.29, 0.717) is 24.3 Å². The van der Waals surface area contributed by atoms with Crippen molar-refractivity contribution in [3.8, 4) is 0 Å². The summed E-state index contributed by atoms with van der Waals surface area (Å²) in [6.45, 7) is 4.37. The zero-order valence-corrected chi connectivity index (χ0v) is 20.2. The molecule has 182 valence electrons. The van der Waals surface area contributed by atoms with Crippen molar-refractivity contribution < 1.29 is 14.5 Å². The van der Waals surface area contributed by atoms with Gasteiger partial charge in [-0.1, -0.05) is 23.9 Å². The van der Waals surface area contributed by atoms with Crippen LogP contribution in [0.4, 0.5) is 11.4 Å². The molecule has 2 aromatic carbocycles.